The van der Waals surface area contributed by atoms with E-state index in [1.54, 1.807) is 18.2 Å². The number of amides is 1. The number of carbonyl (C=O) groups is 1. The molecule has 0 fully saturated rings. The lowest BCUT2D eigenvalue weighted by Gasteiger charge is -2.12. The van der Waals surface area contributed by atoms with Gasteiger partial charge in [0.15, 0.2) is 0 Å². The van der Waals surface area contributed by atoms with Crippen LogP contribution in [0.15, 0.2) is 66.9 Å². The first-order chi connectivity index (χ1) is 12.7. The van der Waals surface area contributed by atoms with Crippen molar-refractivity contribution in [2.75, 3.05) is 17.2 Å². The van der Waals surface area contributed by atoms with E-state index in [1.807, 2.05) is 31.2 Å². The van der Waals surface area contributed by atoms with Gasteiger partial charge in [-0.25, -0.2) is 9.37 Å². The Morgan fingerprint density at radius 2 is 1.96 bits per heavy atom. The normalized spacial score (nSPS) is 10.2. The fourth-order valence-corrected chi connectivity index (χ4v) is 2.36. The molecule has 0 saturated carbocycles. The second-order valence-electron chi connectivity index (χ2n) is 5.45. The summed E-state index contributed by atoms with van der Waals surface area (Å²) in [5, 5.41) is 5.80. The van der Waals surface area contributed by atoms with Crippen molar-refractivity contribution in [1.82, 2.24) is 4.98 Å². The first-order valence-electron chi connectivity index (χ1n) is 8.17. The molecule has 2 N–H and O–H groups in total. The molecule has 3 rings (SSSR count). The van der Waals surface area contributed by atoms with Gasteiger partial charge in [0.05, 0.1) is 17.9 Å². The summed E-state index contributed by atoms with van der Waals surface area (Å²) in [5.41, 5.74) is 1.56. The first-order valence-corrected chi connectivity index (χ1v) is 8.17. The van der Waals surface area contributed by atoms with Crippen LogP contribution in [0, 0.1) is 5.82 Å². The lowest BCUT2D eigenvalue weighted by Crippen LogP contribution is -2.12. The van der Waals surface area contributed by atoms with Crippen LogP contribution in [0.1, 0.15) is 17.3 Å². The Morgan fingerprint density at radius 3 is 2.69 bits per heavy atom. The smallest absolute Gasteiger partial charge is 0.257 e. The predicted octanol–water partition coefficient (Wildman–Crippen LogP) is 4.62. The van der Waals surface area contributed by atoms with Gasteiger partial charge in [-0.05, 0) is 49.4 Å². The molecule has 0 aliphatic carbocycles. The molecular formula is C20H18FN3O2. The van der Waals surface area contributed by atoms with Gasteiger partial charge in [-0.3, -0.25) is 4.79 Å². The molecule has 1 amide bonds. The maximum atomic E-state index is 13.2. The van der Waals surface area contributed by atoms with E-state index in [-0.39, 0.29) is 5.91 Å². The minimum absolute atomic E-state index is 0.357. The highest BCUT2D eigenvalue weighted by atomic mass is 19.1. The molecule has 6 heteroatoms. The van der Waals surface area contributed by atoms with Crippen LogP contribution in [-0.4, -0.2) is 17.5 Å². The van der Waals surface area contributed by atoms with Crippen molar-refractivity contribution in [3.05, 3.63) is 78.2 Å². The van der Waals surface area contributed by atoms with Crippen molar-refractivity contribution < 1.29 is 13.9 Å². The van der Waals surface area contributed by atoms with Gasteiger partial charge in [-0.15, -0.1) is 0 Å². The van der Waals surface area contributed by atoms with Crippen LogP contribution in [0.4, 0.5) is 21.6 Å². The van der Waals surface area contributed by atoms with E-state index in [2.05, 4.69) is 15.6 Å². The third kappa shape index (κ3) is 4.36. The second kappa shape index (κ2) is 8.11. The van der Waals surface area contributed by atoms with Crippen molar-refractivity contribution in [2.24, 2.45) is 0 Å². The van der Waals surface area contributed by atoms with E-state index in [4.69, 9.17) is 4.74 Å². The van der Waals surface area contributed by atoms with Crippen LogP contribution >= 0.6 is 0 Å². The zero-order valence-corrected chi connectivity index (χ0v) is 14.2. The van der Waals surface area contributed by atoms with Crippen LogP contribution < -0.4 is 15.4 Å². The summed E-state index contributed by atoms with van der Waals surface area (Å²) in [4.78, 5) is 16.5. The van der Waals surface area contributed by atoms with Gasteiger partial charge in [-0.2, -0.15) is 0 Å². The van der Waals surface area contributed by atoms with Crippen molar-refractivity contribution in [2.45, 2.75) is 6.92 Å². The van der Waals surface area contributed by atoms with E-state index in [1.165, 1.54) is 24.4 Å². The Morgan fingerprint density at radius 1 is 1.12 bits per heavy atom. The third-order valence-corrected chi connectivity index (χ3v) is 3.56. The van der Waals surface area contributed by atoms with Gasteiger partial charge in [-0.1, -0.05) is 18.2 Å². The zero-order valence-electron chi connectivity index (χ0n) is 14.2. The van der Waals surface area contributed by atoms with Gasteiger partial charge < -0.3 is 15.4 Å². The summed E-state index contributed by atoms with van der Waals surface area (Å²) in [7, 11) is 0. The Kier molecular flexibility index (Phi) is 5.43. The SMILES string of the molecule is CCOc1ccccc1Nc1ccc(C(=O)Nc2cccc(F)c2)cn1. The van der Waals surface area contributed by atoms with Crippen LogP contribution in [0.25, 0.3) is 0 Å². The number of hydrogen-bond acceptors (Lipinski definition) is 4. The minimum Gasteiger partial charge on any atom is -0.492 e. The number of benzene rings is 2. The Hall–Kier alpha value is -3.41. The first kappa shape index (κ1) is 17.4. The largest absolute Gasteiger partial charge is 0.492 e. The van der Waals surface area contributed by atoms with Gasteiger partial charge in [0, 0.05) is 11.9 Å². The van der Waals surface area contributed by atoms with Crippen molar-refractivity contribution in [3.8, 4) is 5.75 Å². The predicted molar refractivity (Wildman–Crippen MR) is 99.5 cm³/mol. The number of hydrogen-bond donors (Lipinski definition) is 2. The third-order valence-electron chi connectivity index (χ3n) is 3.56. The van der Waals surface area contributed by atoms with Crippen LogP contribution in [0.3, 0.4) is 0 Å². The molecule has 5 nitrogen and oxygen atoms in total. The maximum Gasteiger partial charge on any atom is 0.257 e. The summed E-state index contributed by atoms with van der Waals surface area (Å²) >= 11 is 0. The highest BCUT2D eigenvalue weighted by molar-refractivity contribution is 6.04. The van der Waals surface area contributed by atoms with Crippen molar-refractivity contribution in [3.63, 3.8) is 0 Å². The second-order valence-corrected chi connectivity index (χ2v) is 5.45. The lowest BCUT2D eigenvalue weighted by molar-refractivity contribution is 0.102. The zero-order chi connectivity index (χ0) is 18.4. The molecule has 0 bridgehead atoms. The number of ether oxygens (including phenoxy) is 1. The summed E-state index contributed by atoms with van der Waals surface area (Å²) in [6, 6.07) is 16.6. The summed E-state index contributed by atoms with van der Waals surface area (Å²) < 4.78 is 18.7. The Balaban J connectivity index is 1.69. The molecule has 0 unspecified atom stereocenters. The van der Waals surface area contributed by atoms with Crippen LogP contribution in [-0.2, 0) is 0 Å². The molecular weight excluding hydrogens is 333 g/mol. The minimum atomic E-state index is -0.409. The summed E-state index contributed by atoms with van der Waals surface area (Å²) in [6.45, 7) is 2.48. The van der Waals surface area contributed by atoms with Gasteiger partial charge in [0.1, 0.15) is 17.4 Å². The highest BCUT2D eigenvalue weighted by Crippen LogP contribution is 2.26. The standard InChI is InChI=1S/C20H18FN3O2/c1-2-26-18-9-4-3-8-17(18)24-19-11-10-14(13-22-19)20(25)23-16-7-5-6-15(21)12-16/h3-13H,2H2,1H3,(H,22,24)(H,23,25). The lowest BCUT2D eigenvalue weighted by atomic mass is 10.2. The average Bonchev–Trinajstić information content (AvgIpc) is 2.64. The Bertz CT molecular complexity index is 898. The maximum absolute atomic E-state index is 13.2. The Labute approximate surface area is 150 Å². The number of nitrogens with one attached hydrogen (secondary N) is 2. The molecule has 3 aromatic rings. The van der Waals surface area contributed by atoms with Crippen molar-refractivity contribution in [1.29, 1.82) is 0 Å². The molecule has 0 radical (unpaired) electrons. The monoisotopic (exact) mass is 351 g/mol. The molecule has 26 heavy (non-hydrogen) atoms. The van der Waals surface area contributed by atoms with Gasteiger partial charge in [0.25, 0.3) is 5.91 Å². The summed E-state index contributed by atoms with van der Waals surface area (Å²) in [6.07, 6.45) is 1.46. The van der Waals surface area contributed by atoms with Crippen LogP contribution in [0.5, 0.6) is 5.75 Å². The van der Waals surface area contributed by atoms with E-state index < -0.39 is 5.82 Å². The topological polar surface area (TPSA) is 63.2 Å². The molecule has 0 spiro atoms. The molecule has 0 aliphatic rings. The average molecular weight is 351 g/mol. The number of rotatable bonds is 6. The van der Waals surface area contributed by atoms with E-state index in [0.717, 1.165) is 11.4 Å². The van der Waals surface area contributed by atoms with Crippen LogP contribution in [0.2, 0.25) is 0 Å². The number of halogens is 1. The molecule has 0 atom stereocenters. The highest BCUT2D eigenvalue weighted by Gasteiger charge is 2.08. The number of aromatic nitrogens is 1. The number of anilines is 3. The molecule has 1 heterocycles. The van der Waals surface area contributed by atoms with Crippen molar-refractivity contribution >= 4 is 23.1 Å². The fraction of sp³-hybridized carbons (Fsp3) is 0.100. The van der Waals surface area contributed by atoms with Gasteiger partial charge >= 0.3 is 0 Å². The molecule has 132 valence electrons. The quantitative estimate of drug-likeness (QED) is 0.680. The van der Waals surface area contributed by atoms with E-state index in [9.17, 15) is 9.18 Å². The number of para-hydroxylation sites is 2. The van der Waals surface area contributed by atoms with E-state index in [0.29, 0.717) is 23.7 Å². The summed E-state index contributed by atoms with van der Waals surface area (Å²) in [5.74, 6) is 0.544. The molecule has 1 aromatic heterocycles. The number of nitrogens with zero attached hydrogens (tertiary/aromatic N) is 1. The number of carbonyl (C=O) groups excluding carboxylic acids is 1. The fourth-order valence-electron chi connectivity index (χ4n) is 2.36. The molecule has 0 aliphatic heterocycles. The van der Waals surface area contributed by atoms with E-state index >= 15 is 0 Å². The molecule has 0 saturated heterocycles. The molecule has 2 aromatic carbocycles. The number of pyridine rings is 1. The van der Waals surface area contributed by atoms with Gasteiger partial charge in [0.2, 0.25) is 0 Å².